The van der Waals surface area contributed by atoms with E-state index in [1.54, 1.807) is 38.6 Å². The fourth-order valence-corrected chi connectivity index (χ4v) is 11.3. The minimum Gasteiger partial charge on any atom is -0.494 e. The molecule has 7 rings (SSSR count). The van der Waals surface area contributed by atoms with Crippen LogP contribution in [0.4, 0.5) is 11.4 Å². The van der Waals surface area contributed by atoms with Gasteiger partial charge in [-0.3, -0.25) is 14.4 Å². The summed E-state index contributed by atoms with van der Waals surface area (Å²) in [6.07, 6.45) is 5.02. The number of anilines is 2. The van der Waals surface area contributed by atoms with E-state index >= 15 is 14.4 Å². The van der Waals surface area contributed by atoms with Crippen LogP contribution < -0.4 is 14.5 Å². The lowest BCUT2D eigenvalue weighted by Crippen LogP contribution is -2.58. The molecule has 4 aromatic carbocycles. The number of amides is 3. The van der Waals surface area contributed by atoms with E-state index in [2.05, 4.69) is 20.1 Å². The molecule has 1 spiro atoms. The van der Waals surface area contributed by atoms with Crippen LogP contribution in [0.25, 0.3) is 10.8 Å². The summed E-state index contributed by atoms with van der Waals surface area (Å²) in [6.45, 7) is 12.6. The van der Waals surface area contributed by atoms with Crippen molar-refractivity contribution in [1.82, 2.24) is 4.90 Å². The second kappa shape index (κ2) is 14.9. The lowest BCUT2D eigenvalue weighted by molar-refractivity contribution is -0.142. The van der Waals surface area contributed by atoms with Gasteiger partial charge in [-0.1, -0.05) is 72.8 Å². The Kier molecular flexibility index (Phi) is 10.2. The standard InChI is InChI=1S/C44H47N3O5S/c1-5-25-45(33-19-21-36(22-20-33)52-7-3)40(49)37-38-41(50)47(35(29-48)27-30-13-9-8-10-14-30)39(44(38)24-23-43(37,4)53-44)42(51)46(26-6-2)34-18-17-31-15-11-12-16-32(31)28-34/h5-6,8-22,28,35,37-39,48H,1-2,7,23-27,29H2,3-4H3/t35-,37+,38+,39?,43-,44?/m1/s1. The van der Waals surface area contributed by atoms with Crippen LogP contribution in [0.15, 0.2) is 122 Å². The molecular weight excluding hydrogens is 683 g/mol. The molecule has 0 aromatic heterocycles. The zero-order chi connectivity index (χ0) is 37.3. The fraction of sp³-hybridized carbons (Fsp3) is 0.341. The maximum Gasteiger partial charge on any atom is 0.251 e. The van der Waals surface area contributed by atoms with Crippen molar-refractivity contribution in [2.75, 3.05) is 36.1 Å². The van der Waals surface area contributed by atoms with E-state index in [9.17, 15) is 5.11 Å². The molecule has 6 atom stereocenters. The van der Waals surface area contributed by atoms with E-state index in [0.717, 1.165) is 16.3 Å². The highest BCUT2D eigenvalue weighted by Crippen LogP contribution is 2.72. The van der Waals surface area contributed by atoms with Crippen LogP contribution in [0.3, 0.4) is 0 Å². The number of ether oxygens (including phenoxy) is 1. The first kappa shape index (κ1) is 36.5. The summed E-state index contributed by atoms with van der Waals surface area (Å²) in [6, 6.07) is 29.5. The van der Waals surface area contributed by atoms with E-state index in [1.165, 1.54) is 0 Å². The highest BCUT2D eigenvalue weighted by atomic mass is 32.2. The Morgan fingerprint density at radius 1 is 0.906 bits per heavy atom. The average Bonchev–Trinajstić information content (AvgIpc) is 3.75. The van der Waals surface area contributed by atoms with Gasteiger partial charge in [0.05, 0.1) is 35.8 Å². The first-order valence-electron chi connectivity index (χ1n) is 18.4. The molecule has 2 bridgehead atoms. The average molecular weight is 730 g/mol. The van der Waals surface area contributed by atoms with E-state index in [-0.39, 0.29) is 37.4 Å². The maximum absolute atomic E-state index is 15.4. The summed E-state index contributed by atoms with van der Waals surface area (Å²) in [5.74, 6) is -1.43. The van der Waals surface area contributed by atoms with E-state index in [0.29, 0.717) is 43.0 Å². The first-order valence-corrected chi connectivity index (χ1v) is 19.2. The van der Waals surface area contributed by atoms with Crippen molar-refractivity contribution in [3.63, 3.8) is 0 Å². The zero-order valence-corrected chi connectivity index (χ0v) is 31.2. The Morgan fingerprint density at radius 2 is 1.55 bits per heavy atom. The number of carbonyl (C=O) groups is 3. The fourth-order valence-electron chi connectivity index (χ4n) is 9.00. The van der Waals surface area contributed by atoms with Gasteiger partial charge in [-0.05, 0) is 85.8 Å². The molecule has 3 amide bonds. The molecule has 3 fully saturated rings. The number of aliphatic hydroxyl groups is 1. The van der Waals surface area contributed by atoms with Crippen molar-refractivity contribution < 1.29 is 24.2 Å². The molecule has 8 nitrogen and oxygen atoms in total. The van der Waals surface area contributed by atoms with Crippen LogP contribution in [0, 0.1) is 11.8 Å². The first-order chi connectivity index (χ1) is 25.7. The van der Waals surface area contributed by atoms with Crippen molar-refractivity contribution in [3.8, 4) is 5.75 Å². The van der Waals surface area contributed by atoms with Crippen molar-refractivity contribution in [1.29, 1.82) is 0 Å². The zero-order valence-electron chi connectivity index (χ0n) is 30.4. The highest BCUT2D eigenvalue weighted by molar-refractivity contribution is 8.02. The Hall–Kier alpha value is -4.86. The van der Waals surface area contributed by atoms with Crippen molar-refractivity contribution in [2.24, 2.45) is 11.8 Å². The van der Waals surface area contributed by atoms with E-state index < -0.39 is 33.4 Å². The summed E-state index contributed by atoms with van der Waals surface area (Å²) in [5, 5.41) is 13.1. The number of thioether (sulfide) groups is 1. The number of aliphatic hydroxyl groups excluding tert-OH is 1. The van der Waals surface area contributed by atoms with E-state index in [1.807, 2.05) is 104 Å². The molecule has 3 saturated heterocycles. The van der Waals surface area contributed by atoms with Gasteiger partial charge in [0.15, 0.2) is 0 Å². The summed E-state index contributed by atoms with van der Waals surface area (Å²) in [4.78, 5) is 50.8. The molecule has 4 aromatic rings. The topological polar surface area (TPSA) is 90.4 Å². The molecule has 2 unspecified atom stereocenters. The predicted molar refractivity (Wildman–Crippen MR) is 213 cm³/mol. The second-order valence-corrected chi connectivity index (χ2v) is 16.3. The van der Waals surface area contributed by atoms with Crippen LogP contribution >= 0.6 is 11.8 Å². The van der Waals surface area contributed by atoms with Crippen LogP contribution in [0.5, 0.6) is 5.75 Å². The van der Waals surface area contributed by atoms with Crippen molar-refractivity contribution >= 4 is 51.6 Å². The lowest BCUT2D eigenvalue weighted by Gasteiger charge is -2.39. The van der Waals surface area contributed by atoms with Gasteiger partial charge in [0.1, 0.15) is 11.8 Å². The maximum atomic E-state index is 15.4. The third-order valence-corrected chi connectivity index (χ3v) is 13.3. The summed E-state index contributed by atoms with van der Waals surface area (Å²) in [5.41, 5.74) is 2.33. The molecule has 0 aliphatic carbocycles. The molecular formula is C44H47N3O5S. The van der Waals surface area contributed by atoms with Crippen molar-refractivity contribution in [3.05, 3.63) is 128 Å². The van der Waals surface area contributed by atoms with Crippen LogP contribution in [-0.4, -0.2) is 75.6 Å². The summed E-state index contributed by atoms with van der Waals surface area (Å²) < 4.78 is 4.18. The summed E-state index contributed by atoms with van der Waals surface area (Å²) in [7, 11) is 0. The van der Waals surface area contributed by atoms with Gasteiger partial charge in [-0.25, -0.2) is 0 Å². The monoisotopic (exact) mass is 729 g/mol. The normalized spacial score (nSPS) is 24.8. The number of rotatable bonds is 14. The highest BCUT2D eigenvalue weighted by Gasteiger charge is 2.78. The molecule has 9 heteroatoms. The third kappa shape index (κ3) is 6.33. The Morgan fingerprint density at radius 3 is 2.21 bits per heavy atom. The summed E-state index contributed by atoms with van der Waals surface area (Å²) >= 11 is 1.63. The molecule has 3 heterocycles. The van der Waals surface area contributed by atoms with Crippen LogP contribution in [0.2, 0.25) is 0 Å². The second-order valence-electron chi connectivity index (χ2n) is 14.4. The Labute approximate surface area is 316 Å². The molecule has 0 radical (unpaired) electrons. The van der Waals surface area contributed by atoms with Crippen LogP contribution in [0.1, 0.15) is 32.3 Å². The van der Waals surface area contributed by atoms with Gasteiger partial charge >= 0.3 is 0 Å². The van der Waals surface area contributed by atoms with Gasteiger partial charge in [0.2, 0.25) is 11.8 Å². The molecule has 0 saturated carbocycles. The number of carbonyl (C=O) groups excluding carboxylic acids is 3. The minimum absolute atomic E-state index is 0.168. The SMILES string of the molecule is C=CCN(C(=O)C1N([C@@H](CO)Cc2ccccc2)C(=O)[C@@H]2[C@@H](C(=O)N(CC=C)c3ccc(OCC)cc3)[C@@]3(C)CCC12S3)c1ccc2ccccc2c1. The minimum atomic E-state index is -0.921. The van der Waals surface area contributed by atoms with Crippen LogP contribution in [-0.2, 0) is 20.8 Å². The van der Waals surface area contributed by atoms with Gasteiger partial charge < -0.3 is 24.5 Å². The molecule has 3 aliphatic rings. The molecule has 53 heavy (non-hydrogen) atoms. The number of benzene rings is 4. The third-order valence-electron chi connectivity index (χ3n) is 11.3. The van der Waals surface area contributed by atoms with Gasteiger partial charge in [-0.15, -0.1) is 24.9 Å². The number of nitrogens with zero attached hydrogens (tertiary/aromatic N) is 3. The Balaban J connectivity index is 1.33. The smallest absolute Gasteiger partial charge is 0.251 e. The van der Waals surface area contributed by atoms with Gasteiger partial charge in [0.25, 0.3) is 5.91 Å². The largest absolute Gasteiger partial charge is 0.494 e. The van der Waals surface area contributed by atoms with Crippen molar-refractivity contribution in [2.45, 2.75) is 54.7 Å². The number of hydrogen-bond donors (Lipinski definition) is 1. The molecule has 3 aliphatic heterocycles. The quantitative estimate of drug-likeness (QED) is 0.140. The van der Waals surface area contributed by atoms with Gasteiger partial charge in [0, 0.05) is 29.2 Å². The van der Waals surface area contributed by atoms with E-state index in [4.69, 9.17) is 4.74 Å². The molecule has 274 valence electrons. The molecule has 1 N–H and O–H groups in total. The number of likely N-dealkylation sites (tertiary alicyclic amines) is 1. The van der Waals surface area contributed by atoms with Gasteiger partial charge in [-0.2, -0.15) is 0 Å². The number of fused-ring (bicyclic) bond motifs is 2. The predicted octanol–water partition coefficient (Wildman–Crippen LogP) is 7.06. The lowest BCUT2D eigenvalue weighted by atomic mass is 9.66. The Bertz CT molecular complexity index is 2020. The number of hydrogen-bond acceptors (Lipinski definition) is 6.